The Morgan fingerprint density at radius 2 is 1.89 bits per heavy atom. The van der Waals surface area contributed by atoms with Crippen LogP contribution in [0.25, 0.3) is 0 Å². The number of hydrogen-bond donors (Lipinski definition) is 1. The maximum absolute atomic E-state index is 13.4. The molecule has 1 amide bonds. The number of hydrogen-bond acceptors (Lipinski definition) is 6. The number of amides is 1. The van der Waals surface area contributed by atoms with Gasteiger partial charge in [-0.3, -0.25) is 14.6 Å². The molecule has 2 aromatic carbocycles. The zero-order chi connectivity index (χ0) is 26.0. The van der Waals surface area contributed by atoms with E-state index in [2.05, 4.69) is 17.1 Å². The molecule has 8 nitrogen and oxygen atoms in total. The first kappa shape index (κ1) is 26.0. The van der Waals surface area contributed by atoms with E-state index in [-0.39, 0.29) is 18.3 Å². The molecule has 1 N–H and O–H groups in total. The van der Waals surface area contributed by atoms with Gasteiger partial charge in [0.15, 0.2) is 5.49 Å². The number of nitrogens with zero attached hydrogens (tertiary/aromatic N) is 3. The van der Waals surface area contributed by atoms with Gasteiger partial charge in [0, 0.05) is 32.3 Å². The van der Waals surface area contributed by atoms with Crippen molar-refractivity contribution in [2.75, 3.05) is 26.8 Å². The number of pyridine rings is 1. The topological polar surface area (TPSA) is 93.4 Å². The molecule has 0 spiro atoms. The van der Waals surface area contributed by atoms with E-state index < -0.39 is 5.92 Å². The van der Waals surface area contributed by atoms with Crippen molar-refractivity contribution in [1.29, 1.82) is 0 Å². The first-order valence-electron chi connectivity index (χ1n) is 12.5. The van der Waals surface area contributed by atoms with Gasteiger partial charge < -0.3 is 19.6 Å². The summed E-state index contributed by atoms with van der Waals surface area (Å²) in [6, 6.07) is 21.3. The Morgan fingerprint density at radius 1 is 1.08 bits per heavy atom. The summed E-state index contributed by atoms with van der Waals surface area (Å²) in [5, 5.41) is 9.74. The molecule has 0 bridgehead atoms. The zero-order valence-electron chi connectivity index (χ0n) is 21.1. The summed E-state index contributed by atoms with van der Waals surface area (Å²) in [4.78, 5) is 31.7. The Hall–Kier alpha value is -4.07. The van der Waals surface area contributed by atoms with Crippen LogP contribution in [0.4, 0.5) is 0 Å². The van der Waals surface area contributed by atoms with Crippen molar-refractivity contribution in [2.45, 2.75) is 32.2 Å². The normalized spacial score (nSPS) is 15.7. The first-order chi connectivity index (χ1) is 18.0. The molecular weight excluding hydrogens is 470 g/mol. The minimum atomic E-state index is -0.454. The van der Waals surface area contributed by atoms with Gasteiger partial charge in [0.25, 0.3) is 0 Å². The molecule has 0 unspecified atom stereocenters. The van der Waals surface area contributed by atoms with Crippen molar-refractivity contribution in [1.82, 2.24) is 9.63 Å². The Balaban J connectivity index is 1.43. The number of rotatable bonds is 10. The molecular formula is C29H33N3O5. The van der Waals surface area contributed by atoms with Gasteiger partial charge in [-0.25, -0.2) is 0 Å². The number of carbonyl (C=O) groups excluding carboxylic acids is 2. The third-order valence-electron chi connectivity index (χ3n) is 6.48. The van der Waals surface area contributed by atoms with E-state index in [4.69, 9.17) is 9.47 Å². The summed E-state index contributed by atoms with van der Waals surface area (Å²) in [6.45, 7) is 2.03. The van der Waals surface area contributed by atoms with E-state index in [1.165, 1.54) is 13.3 Å². The lowest BCUT2D eigenvalue weighted by atomic mass is 9.94. The van der Waals surface area contributed by atoms with Gasteiger partial charge in [-0.15, -0.1) is 0 Å². The largest absolute Gasteiger partial charge is 0.494 e. The second kappa shape index (κ2) is 12.8. The van der Waals surface area contributed by atoms with Crippen LogP contribution in [0.2, 0.25) is 0 Å². The molecule has 194 valence electrons. The standard InChI is InChI=1S/C29H33N3O5/c1-36-28(33)20-24-18-23-11-12-26(37-17-7-14-30-27-10-5-6-15-32(27)35)19-25(23)21-31(29(24)34)16-13-22-8-3-2-4-9-22/h2-6,8-12,15,19,24,35H,7,13-14,16-18,20-21H2,1H3/t24-/m0/s1. The fraction of sp³-hybridized carbons (Fsp3) is 0.345. The van der Waals surface area contributed by atoms with E-state index in [1.54, 1.807) is 12.1 Å². The van der Waals surface area contributed by atoms with E-state index >= 15 is 0 Å². The molecule has 0 radical (unpaired) electrons. The lowest BCUT2D eigenvalue weighted by molar-refractivity contribution is -0.146. The molecule has 0 fully saturated rings. The van der Waals surface area contributed by atoms with Crippen molar-refractivity contribution in [2.24, 2.45) is 10.9 Å². The number of carbonyl (C=O) groups is 2. The van der Waals surface area contributed by atoms with Crippen LogP contribution in [0.5, 0.6) is 5.75 Å². The predicted molar refractivity (Wildman–Crippen MR) is 138 cm³/mol. The molecule has 1 atom stereocenters. The highest BCUT2D eigenvalue weighted by atomic mass is 16.5. The van der Waals surface area contributed by atoms with Crippen molar-refractivity contribution < 1.29 is 24.3 Å². The third kappa shape index (κ3) is 7.22. The van der Waals surface area contributed by atoms with Gasteiger partial charge in [0.1, 0.15) is 5.75 Å². The quantitative estimate of drug-likeness (QED) is 0.260. The predicted octanol–water partition coefficient (Wildman–Crippen LogP) is 3.40. The molecule has 0 aliphatic carbocycles. The van der Waals surface area contributed by atoms with Crippen LogP contribution in [0.15, 0.2) is 77.9 Å². The van der Waals surface area contributed by atoms with E-state index in [9.17, 15) is 14.8 Å². The van der Waals surface area contributed by atoms with Gasteiger partial charge in [-0.05, 0) is 53.8 Å². The zero-order valence-corrected chi connectivity index (χ0v) is 21.1. The highest BCUT2D eigenvalue weighted by Gasteiger charge is 2.31. The number of fused-ring (bicyclic) bond motifs is 1. The molecule has 8 heteroatoms. The number of ether oxygens (including phenoxy) is 2. The lowest BCUT2D eigenvalue weighted by Crippen LogP contribution is -2.37. The summed E-state index contributed by atoms with van der Waals surface area (Å²) in [5.41, 5.74) is 3.73. The number of esters is 1. The second-order valence-corrected chi connectivity index (χ2v) is 9.09. The monoisotopic (exact) mass is 503 g/mol. The van der Waals surface area contributed by atoms with Crippen molar-refractivity contribution in [3.63, 3.8) is 0 Å². The number of aromatic nitrogens is 1. The molecule has 1 aliphatic heterocycles. The van der Waals surface area contributed by atoms with Gasteiger partial charge in [0.05, 0.1) is 26.1 Å². The molecule has 0 saturated carbocycles. The molecule has 3 aromatic rings. The summed E-state index contributed by atoms with van der Waals surface area (Å²) in [5.74, 6) is -0.122. The number of methoxy groups -OCH3 is 1. The smallest absolute Gasteiger partial charge is 0.306 e. The third-order valence-corrected chi connectivity index (χ3v) is 6.48. The van der Waals surface area contributed by atoms with Crippen LogP contribution in [-0.4, -0.2) is 53.5 Å². The highest BCUT2D eigenvalue weighted by molar-refractivity contribution is 5.84. The van der Waals surface area contributed by atoms with Crippen LogP contribution >= 0.6 is 0 Å². The molecule has 0 saturated heterocycles. The van der Waals surface area contributed by atoms with Gasteiger partial charge in [0.2, 0.25) is 5.91 Å². The van der Waals surface area contributed by atoms with Crippen LogP contribution in [0.3, 0.4) is 0 Å². The summed E-state index contributed by atoms with van der Waals surface area (Å²) >= 11 is 0. The van der Waals surface area contributed by atoms with Crippen molar-refractivity contribution in [3.8, 4) is 5.75 Å². The fourth-order valence-electron chi connectivity index (χ4n) is 4.47. The molecule has 4 rings (SSSR count). The van der Waals surface area contributed by atoms with Crippen LogP contribution < -0.4 is 10.2 Å². The fourth-order valence-corrected chi connectivity index (χ4v) is 4.47. The maximum Gasteiger partial charge on any atom is 0.306 e. The average molecular weight is 504 g/mol. The highest BCUT2D eigenvalue weighted by Crippen LogP contribution is 2.28. The Morgan fingerprint density at radius 3 is 2.68 bits per heavy atom. The van der Waals surface area contributed by atoms with Crippen LogP contribution in [0.1, 0.15) is 29.5 Å². The van der Waals surface area contributed by atoms with E-state index in [1.807, 2.05) is 47.4 Å². The van der Waals surface area contributed by atoms with Crippen LogP contribution in [0, 0.1) is 5.92 Å². The number of benzene rings is 2. The summed E-state index contributed by atoms with van der Waals surface area (Å²) in [6.07, 6.45) is 3.52. The molecule has 1 aliphatic rings. The first-order valence-corrected chi connectivity index (χ1v) is 12.5. The van der Waals surface area contributed by atoms with Gasteiger partial charge in [-0.1, -0.05) is 42.5 Å². The minimum absolute atomic E-state index is 0.0244. The molecule has 37 heavy (non-hydrogen) atoms. The van der Waals surface area contributed by atoms with Crippen molar-refractivity contribution in [3.05, 3.63) is 95.1 Å². The van der Waals surface area contributed by atoms with E-state index in [0.29, 0.717) is 44.6 Å². The summed E-state index contributed by atoms with van der Waals surface area (Å²) in [7, 11) is 1.35. The maximum atomic E-state index is 13.4. The average Bonchev–Trinajstić information content (AvgIpc) is 3.04. The van der Waals surface area contributed by atoms with Gasteiger partial charge >= 0.3 is 5.97 Å². The van der Waals surface area contributed by atoms with Crippen molar-refractivity contribution >= 4 is 11.9 Å². The van der Waals surface area contributed by atoms with Crippen LogP contribution in [-0.2, 0) is 33.7 Å². The second-order valence-electron chi connectivity index (χ2n) is 9.09. The Bertz CT molecular complexity index is 1270. The molecule has 2 heterocycles. The minimum Gasteiger partial charge on any atom is -0.494 e. The summed E-state index contributed by atoms with van der Waals surface area (Å²) < 4.78 is 11.8. The molecule has 1 aromatic heterocycles. The lowest BCUT2D eigenvalue weighted by Gasteiger charge is -2.24. The Kier molecular flexibility index (Phi) is 8.97. The van der Waals surface area contributed by atoms with Gasteiger partial charge in [-0.2, -0.15) is 4.73 Å². The Labute approximate surface area is 216 Å². The van der Waals surface area contributed by atoms with E-state index in [0.717, 1.165) is 33.6 Å². The SMILES string of the molecule is COC(=O)C[C@@H]1Cc2ccc(OCCCN=c3ccccn3O)cc2CN(CCc2ccccc2)C1=O.